The van der Waals surface area contributed by atoms with Crippen LogP contribution in [0.25, 0.3) is 0 Å². The number of carbonyl (C=O) groups excluding carboxylic acids is 1. The molecule has 1 amide bonds. The third-order valence-electron chi connectivity index (χ3n) is 2.75. The molecule has 1 atom stereocenters. The highest BCUT2D eigenvalue weighted by molar-refractivity contribution is 5.95. The van der Waals surface area contributed by atoms with Gasteiger partial charge in [-0.1, -0.05) is 17.7 Å². The van der Waals surface area contributed by atoms with Gasteiger partial charge in [-0.05, 0) is 19.1 Å². The number of nitrogens with two attached hydrogens (primary N) is 1. The molecule has 86 valence electrons. The van der Waals surface area contributed by atoms with E-state index in [1.165, 1.54) is 5.56 Å². The van der Waals surface area contributed by atoms with Crippen molar-refractivity contribution in [1.82, 2.24) is 0 Å². The molecule has 1 saturated heterocycles. The molecule has 4 nitrogen and oxygen atoms in total. The number of benzene rings is 1. The molecule has 1 heterocycles. The lowest BCUT2D eigenvalue weighted by Gasteiger charge is -2.34. The normalized spacial score (nSPS) is 21.2. The lowest BCUT2D eigenvalue weighted by molar-refractivity contribution is -0.127. The van der Waals surface area contributed by atoms with E-state index < -0.39 is 0 Å². The SMILES string of the molecule is Cc1ccc(N2C(=O)COCC2CN)cc1. The minimum absolute atomic E-state index is 0.0226. The summed E-state index contributed by atoms with van der Waals surface area (Å²) in [5.41, 5.74) is 7.72. The first kappa shape index (κ1) is 11.1. The predicted molar refractivity (Wildman–Crippen MR) is 62.3 cm³/mol. The summed E-state index contributed by atoms with van der Waals surface area (Å²) in [6.45, 7) is 3.09. The van der Waals surface area contributed by atoms with Crippen molar-refractivity contribution in [1.29, 1.82) is 0 Å². The van der Waals surface area contributed by atoms with Crippen LogP contribution in [-0.4, -0.2) is 31.7 Å². The van der Waals surface area contributed by atoms with Crippen LogP contribution in [0.4, 0.5) is 5.69 Å². The minimum Gasteiger partial charge on any atom is -0.369 e. The summed E-state index contributed by atoms with van der Waals surface area (Å²) < 4.78 is 5.19. The van der Waals surface area contributed by atoms with Crippen molar-refractivity contribution in [3.8, 4) is 0 Å². The van der Waals surface area contributed by atoms with Crippen molar-refractivity contribution in [2.75, 3.05) is 24.7 Å². The maximum absolute atomic E-state index is 11.8. The second kappa shape index (κ2) is 4.63. The number of morpholine rings is 1. The molecule has 16 heavy (non-hydrogen) atoms. The Labute approximate surface area is 95.0 Å². The Balaban J connectivity index is 2.28. The average Bonchev–Trinajstić information content (AvgIpc) is 2.30. The third kappa shape index (κ3) is 2.08. The van der Waals surface area contributed by atoms with Crippen molar-refractivity contribution >= 4 is 11.6 Å². The third-order valence-corrected chi connectivity index (χ3v) is 2.75. The Hall–Kier alpha value is -1.39. The van der Waals surface area contributed by atoms with Gasteiger partial charge in [-0.25, -0.2) is 0 Å². The first-order valence-corrected chi connectivity index (χ1v) is 5.39. The first-order valence-electron chi connectivity index (χ1n) is 5.39. The molecule has 0 aromatic heterocycles. The van der Waals surface area contributed by atoms with Gasteiger partial charge in [0, 0.05) is 12.2 Å². The number of aryl methyl sites for hydroxylation is 1. The number of rotatable bonds is 2. The zero-order chi connectivity index (χ0) is 11.5. The second-order valence-electron chi connectivity index (χ2n) is 4.00. The Morgan fingerprint density at radius 2 is 2.12 bits per heavy atom. The zero-order valence-electron chi connectivity index (χ0n) is 9.35. The molecule has 1 aliphatic rings. The van der Waals surface area contributed by atoms with Crippen LogP contribution < -0.4 is 10.6 Å². The molecule has 1 fully saturated rings. The van der Waals surface area contributed by atoms with Crippen LogP contribution in [0.2, 0.25) is 0 Å². The van der Waals surface area contributed by atoms with E-state index in [-0.39, 0.29) is 18.6 Å². The molecule has 1 aliphatic heterocycles. The Morgan fingerprint density at radius 1 is 1.44 bits per heavy atom. The molecule has 0 saturated carbocycles. The van der Waals surface area contributed by atoms with Gasteiger partial charge in [0.15, 0.2) is 0 Å². The number of hydrogen-bond donors (Lipinski definition) is 1. The lowest BCUT2D eigenvalue weighted by Crippen LogP contribution is -2.53. The zero-order valence-corrected chi connectivity index (χ0v) is 9.35. The second-order valence-corrected chi connectivity index (χ2v) is 4.00. The Bertz CT molecular complexity index is 375. The fourth-order valence-electron chi connectivity index (χ4n) is 1.86. The summed E-state index contributed by atoms with van der Waals surface area (Å²) in [6.07, 6.45) is 0. The number of ether oxygens (including phenoxy) is 1. The lowest BCUT2D eigenvalue weighted by atomic mass is 10.1. The van der Waals surface area contributed by atoms with Gasteiger partial charge < -0.3 is 15.4 Å². The summed E-state index contributed by atoms with van der Waals surface area (Å²) in [6, 6.07) is 7.82. The fraction of sp³-hybridized carbons (Fsp3) is 0.417. The quantitative estimate of drug-likeness (QED) is 0.797. The van der Waals surface area contributed by atoms with E-state index in [0.29, 0.717) is 13.2 Å². The maximum Gasteiger partial charge on any atom is 0.253 e. The van der Waals surface area contributed by atoms with E-state index >= 15 is 0 Å². The monoisotopic (exact) mass is 220 g/mol. The Morgan fingerprint density at radius 3 is 2.75 bits per heavy atom. The molecule has 0 bridgehead atoms. The summed E-state index contributed by atoms with van der Waals surface area (Å²) >= 11 is 0. The van der Waals surface area contributed by atoms with E-state index in [2.05, 4.69) is 0 Å². The average molecular weight is 220 g/mol. The van der Waals surface area contributed by atoms with Crippen LogP contribution >= 0.6 is 0 Å². The highest BCUT2D eigenvalue weighted by atomic mass is 16.5. The van der Waals surface area contributed by atoms with Crippen LogP contribution in [0.1, 0.15) is 5.56 Å². The van der Waals surface area contributed by atoms with Gasteiger partial charge >= 0.3 is 0 Å². The van der Waals surface area contributed by atoms with Crippen LogP contribution in [-0.2, 0) is 9.53 Å². The Kier molecular flexibility index (Phi) is 3.22. The number of anilines is 1. The smallest absolute Gasteiger partial charge is 0.253 e. The summed E-state index contributed by atoms with van der Waals surface area (Å²) in [5.74, 6) is -0.0226. The number of amides is 1. The largest absolute Gasteiger partial charge is 0.369 e. The van der Waals surface area contributed by atoms with E-state index in [0.717, 1.165) is 5.69 Å². The van der Waals surface area contributed by atoms with Crippen molar-refractivity contribution in [2.24, 2.45) is 5.73 Å². The first-order chi connectivity index (χ1) is 7.72. The standard InChI is InChI=1S/C12H16N2O2/c1-9-2-4-10(5-3-9)14-11(6-13)7-16-8-12(14)15/h2-5,11H,6-8,13H2,1H3. The van der Waals surface area contributed by atoms with E-state index in [1.54, 1.807) is 4.90 Å². The van der Waals surface area contributed by atoms with Gasteiger partial charge in [0.2, 0.25) is 0 Å². The summed E-state index contributed by atoms with van der Waals surface area (Å²) in [4.78, 5) is 13.5. The van der Waals surface area contributed by atoms with Gasteiger partial charge in [-0.3, -0.25) is 4.79 Å². The van der Waals surface area contributed by atoms with Gasteiger partial charge in [-0.15, -0.1) is 0 Å². The van der Waals surface area contributed by atoms with Gasteiger partial charge in [0.1, 0.15) is 6.61 Å². The van der Waals surface area contributed by atoms with Crippen LogP contribution in [0.15, 0.2) is 24.3 Å². The molecular weight excluding hydrogens is 204 g/mol. The van der Waals surface area contributed by atoms with Crippen LogP contribution in [0, 0.1) is 6.92 Å². The molecule has 1 aromatic rings. The van der Waals surface area contributed by atoms with Gasteiger partial charge in [-0.2, -0.15) is 0 Å². The molecule has 1 aromatic carbocycles. The van der Waals surface area contributed by atoms with E-state index in [4.69, 9.17) is 10.5 Å². The van der Waals surface area contributed by atoms with Gasteiger partial charge in [0.25, 0.3) is 5.91 Å². The van der Waals surface area contributed by atoms with Crippen molar-refractivity contribution in [3.05, 3.63) is 29.8 Å². The molecule has 0 radical (unpaired) electrons. The fourth-order valence-corrected chi connectivity index (χ4v) is 1.86. The summed E-state index contributed by atoms with van der Waals surface area (Å²) in [7, 11) is 0. The van der Waals surface area contributed by atoms with E-state index in [1.807, 2.05) is 31.2 Å². The topological polar surface area (TPSA) is 55.6 Å². The molecule has 4 heteroatoms. The molecule has 1 unspecified atom stereocenters. The highest BCUT2D eigenvalue weighted by Crippen LogP contribution is 2.20. The molecule has 2 rings (SSSR count). The minimum atomic E-state index is -0.0519. The molecular formula is C12H16N2O2. The van der Waals surface area contributed by atoms with Crippen molar-refractivity contribution in [2.45, 2.75) is 13.0 Å². The predicted octanol–water partition coefficient (Wildman–Crippen LogP) is 0.686. The van der Waals surface area contributed by atoms with Crippen LogP contribution in [0.5, 0.6) is 0 Å². The summed E-state index contributed by atoms with van der Waals surface area (Å²) in [5, 5.41) is 0. The number of hydrogen-bond acceptors (Lipinski definition) is 3. The molecule has 0 aliphatic carbocycles. The highest BCUT2D eigenvalue weighted by Gasteiger charge is 2.28. The van der Waals surface area contributed by atoms with Gasteiger partial charge in [0.05, 0.1) is 12.6 Å². The number of carbonyl (C=O) groups is 1. The van der Waals surface area contributed by atoms with Crippen molar-refractivity contribution < 1.29 is 9.53 Å². The van der Waals surface area contributed by atoms with Crippen LogP contribution in [0.3, 0.4) is 0 Å². The van der Waals surface area contributed by atoms with Crippen molar-refractivity contribution in [3.63, 3.8) is 0 Å². The molecule has 2 N–H and O–H groups in total. The van der Waals surface area contributed by atoms with E-state index in [9.17, 15) is 4.79 Å². The molecule has 0 spiro atoms. The maximum atomic E-state index is 11.8. The number of nitrogens with zero attached hydrogens (tertiary/aromatic N) is 1.